The summed E-state index contributed by atoms with van der Waals surface area (Å²) in [6.07, 6.45) is 10.6. The first kappa shape index (κ1) is 22.3. The maximum atomic E-state index is 4.76. The fourth-order valence-corrected chi connectivity index (χ4v) is 3.59. The van der Waals surface area contributed by atoms with Gasteiger partial charge in [0.05, 0.1) is 0 Å². The number of rotatable bonds is 8. The number of imidazole rings is 1. The van der Waals surface area contributed by atoms with Crippen molar-refractivity contribution in [1.29, 1.82) is 0 Å². The Balaban J connectivity index is 0.00000312. The zero-order chi connectivity index (χ0) is 17.4. The molecule has 0 aromatic carbocycles. The smallest absolute Gasteiger partial charge is 0.191 e. The predicted octanol–water partition coefficient (Wildman–Crippen LogP) is 4.18. The van der Waals surface area contributed by atoms with Crippen LogP contribution in [0.3, 0.4) is 0 Å². The summed E-state index contributed by atoms with van der Waals surface area (Å²) in [6, 6.07) is 0. The summed E-state index contributed by atoms with van der Waals surface area (Å²) in [5, 5.41) is 6.95. The van der Waals surface area contributed by atoms with Crippen molar-refractivity contribution in [3.63, 3.8) is 0 Å². The number of hydrogen-bond donors (Lipinski definition) is 2. The molecule has 1 aliphatic rings. The summed E-state index contributed by atoms with van der Waals surface area (Å²) >= 11 is 0. The van der Waals surface area contributed by atoms with Gasteiger partial charge >= 0.3 is 0 Å². The van der Waals surface area contributed by atoms with Crippen molar-refractivity contribution < 1.29 is 0 Å². The van der Waals surface area contributed by atoms with Gasteiger partial charge in [-0.1, -0.05) is 33.6 Å². The topological polar surface area (TPSA) is 54.2 Å². The molecule has 25 heavy (non-hydrogen) atoms. The molecular formula is C19H36IN5. The lowest BCUT2D eigenvalue weighted by molar-refractivity contribution is 0.283. The van der Waals surface area contributed by atoms with Gasteiger partial charge in [0.25, 0.3) is 0 Å². The van der Waals surface area contributed by atoms with Crippen LogP contribution in [0.25, 0.3) is 0 Å². The maximum absolute atomic E-state index is 4.76. The van der Waals surface area contributed by atoms with E-state index in [-0.39, 0.29) is 24.0 Å². The van der Waals surface area contributed by atoms with E-state index in [2.05, 4.69) is 54.1 Å². The van der Waals surface area contributed by atoms with Gasteiger partial charge in [-0.2, -0.15) is 0 Å². The quantitative estimate of drug-likeness (QED) is 0.347. The van der Waals surface area contributed by atoms with Gasteiger partial charge in [-0.25, -0.2) is 9.98 Å². The highest BCUT2D eigenvalue weighted by Gasteiger charge is 2.31. The molecule has 1 aliphatic carbocycles. The lowest BCUT2D eigenvalue weighted by Gasteiger charge is -2.28. The zero-order valence-electron chi connectivity index (χ0n) is 16.3. The van der Waals surface area contributed by atoms with Gasteiger partial charge in [0.15, 0.2) is 5.96 Å². The summed E-state index contributed by atoms with van der Waals surface area (Å²) in [6.45, 7) is 12.4. The number of halogens is 1. The van der Waals surface area contributed by atoms with Gasteiger partial charge in [0.1, 0.15) is 12.4 Å². The fraction of sp³-hybridized carbons (Fsp3) is 0.789. The van der Waals surface area contributed by atoms with Crippen molar-refractivity contribution in [2.45, 2.75) is 72.9 Å². The largest absolute Gasteiger partial charge is 0.357 e. The van der Waals surface area contributed by atoms with Gasteiger partial charge in [0, 0.05) is 32.0 Å². The van der Waals surface area contributed by atoms with Crippen LogP contribution >= 0.6 is 24.0 Å². The third kappa shape index (κ3) is 6.79. The van der Waals surface area contributed by atoms with E-state index in [1.54, 1.807) is 0 Å². The second-order valence-corrected chi connectivity index (χ2v) is 7.50. The molecule has 0 saturated heterocycles. The van der Waals surface area contributed by atoms with Gasteiger partial charge in [-0.15, -0.1) is 24.0 Å². The first-order valence-corrected chi connectivity index (χ1v) is 9.61. The lowest BCUT2D eigenvalue weighted by atomic mass is 9.83. The Morgan fingerprint density at radius 1 is 1.28 bits per heavy atom. The average molecular weight is 461 g/mol. The van der Waals surface area contributed by atoms with E-state index in [1.807, 2.05) is 6.20 Å². The number of aromatic nitrogens is 2. The summed E-state index contributed by atoms with van der Waals surface area (Å²) in [4.78, 5) is 9.23. The molecule has 144 valence electrons. The maximum Gasteiger partial charge on any atom is 0.191 e. The third-order valence-corrected chi connectivity index (χ3v) is 5.13. The number of nitrogens with zero attached hydrogens (tertiary/aromatic N) is 3. The highest BCUT2D eigenvalue weighted by atomic mass is 127. The molecule has 0 aliphatic heterocycles. The molecule has 0 bridgehead atoms. The minimum atomic E-state index is 0. The number of guanidine groups is 1. The van der Waals surface area contributed by atoms with E-state index in [0.29, 0.717) is 17.9 Å². The Hall–Kier alpha value is -0.790. The first-order chi connectivity index (χ1) is 11.6. The van der Waals surface area contributed by atoms with E-state index in [1.165, 1.54) is 32.1 Å². The van der Waals surface area contributed by atoms with Crippen LogP contribution in [0, 0.1) is 11.3 Å². The van der Waals surface area contributed by atoms with Crippen molar-refractivity contribution in [3.05, 3.63) is 18.2 Å². The Labute approximate surface area is 170 Å². The molecule has 0 spiro atoms. The van der Waals surface area contributed by atoms with Gasteiger partial charge in [-0.05, 0) is 37.5 Å². The molecule has 0 unspecified atom stereocenters. The van der Waals surface area contributed by atoms with E-state index >= 15 is 0 Å². The molecule has 5 nitrogen and oxygen atoms in total. The molecule has 2 rings (SSSR count). The standard InChI is InChI=1S/C19H35N5.HI/c1-5-19(9-7-8-10-19)15-23-18(20-6-2)22-13-17-21-11-12-24(17)14-16(3)4;/h11-12,16H,5-10,13-15H2,1-4H3,(H2,20,22,23);1H. The van der Waals surface area contributed by atoms with Crippen molar-refractivity contribution in [3.8, 4) is 0 Å². The minimum absolute atomic E-state index is 0. The predicted molar refractivity (Wildman–Crippen MR) is 116 cm³/mol. The van der Waals surface area contributed by atoms with Crippen LogP contribution in [-0.2, 0) is 13.1 Å². The van der Waals surface area contributed by atoms with Crippen molar-refractivity contribution >= 4 is 29.9 Å². The van der Waals surface area contributed by atoms with Crippen LogP contribution in [0.4, 0.5) is 0 Å². The average Bonchev–Trinajstić information content (AvgIpc) is 3.20. The molecule has 0 radical (unpaired) electrons. The number of nitrogens with one attached hydrogen (secondary N) is 2. The Morgan fingerprint density at radius 3 is 2.60 bits per heavy atom. The summed E-state index contributed by atoms with van der Waals surface area (Å²) < 4.78 is 2.21. The normalized spacial score (nSPS) is 16.8. The molecule has 0 amide bonds. The molecular weight excluding hydrogens is 425 g/mol. The first-order valence-electron chi connectivity index (χ1n) is 9.61. The molecule has 2 N–H and O–H groups in total. The van der Waals surface area contributed by atoms with Crippen LogP contribution in [-0.4, -0.2) is 28.6 Å². The zero-order valence-corrected chi connectivity index (χ0v) is 18.7. The van der Waals surface area contributed by atoms with Gasteiger partial charge in [-0.3, -0.25) is 0 Å². The number of aliphatic imine (C=N–C) groups is 1. The second kappa shape index (κ2) is 11.0. The monoisotopic (exact) mass is 461 g/mol. The van der Waals surface area contributed by atoms with E-state index in [9.17, 15) is 0 Å². The summed E-state index contributed by atoms with van der Waals surface area (Å²) in [7, 11) is 0. The summed E-state index contributed by atoms with van der Waals surface area (Å²) in [5.41, 5.74) is 0.465. The number of hydrogen-bond acceptors (Lipinski definition) is 2. The molecule has 6 heteroatoms. The highest BCUT2D eigenvalue weighted by molar-refractivity contribution is 14.0. The molecule has 1 fully saturated rings. The van der Waals surface area contributed by atoms with Crippen LogP contribution in [0.2, 0.25) is 0 Å². The molecule has 1 aromatic rings. The van der Waals surface area contributed by atoms with Crippen molar-refractivity contribution in [2.75, 3.05) is 13.1 Å². The molecule has 1 saturated carbocycles. The Kier molecular flexibility index (Phi) is 9.82. The highest BCUT2D eigenvalue weighted by Crippen LogP contribution is 2.40. The Bertz CT molecular complexity index is 518. The molecule has 1 heterocycles. The molecule has 0 atom stereocenters. The lowest BCUT2D eigenvalue weighted by Crippen LogP contribution is -2.42. The fourth-order valence-electron chi connectivity index (χ4n) is 3.59. The Morgan fingerprint density at radius 2 is 2.00 bits per heavy atom. The van der Waals surface area contributed by atoms with E-state index in [4.69, 9.17) is 4.99 Å². The third-order valence-electron chi connectivity index (χ3n) is 5.13. The second-order valence-electron chi connectivity index (χ2n) is 7.50. The van der Waals surface area contributed by atoms with Crippen LogP contribution in [0.5, 0.6) is 0 Å². The van der Waals surface area contributed by atoms with Crippen molar-refractivity contribution in [1.82, 2.24) is 20.2 Å². The van der Waals surface area contributed by atoms with Crippen LogP contribution in [0.1, 0.15) is 65.6 Å². The minimum Gasteiger partial charge on any atom is -0.357 e. The molecule has 1 aromatic heterocycles. The van der Waals surface area contributed by atoms with Gasteiger partial charge in [0.2, 0.25) is 0 Å². The van der Waals surface area contributed by atoms with Gasteiger partial charge < -0.3 is 15.2 Å². The van der Waals surface area contributed by atoms with Crippen LogP contribution in [0.15, 0.2) is 17.4 Å². The van der Waals surface area contributed by atoms with Crippen molar-refractivity contribution in [2.24, 2.45) is 16.3 Å². The SMILES string of the molecule is CCNC(=NCc1nccn1CC(C)C)NCC1(CC)CCCC1.I. The van der Waals surface area contributed by atoms with Crippen LogP contribution < -0.4 is 10.6 Å². The van der Waals surface area contributed by atoms with E-state index < -0.39 is 0 Å². The summed E-state index contributed by atoms with van der Waals surface area (Å²) in [5.74, 6) is 2.56. The van der Waals surface area contributed by atoms with E-state index in [0.717, 1.165) is 31.4 Å².